The van der Waals surface area contributed by atoms with Gasteiger partial charge in [0.05, 0.1) is 12.1 Å². The SMILES string of the molecule is Cc1ccccc1NC(=O)NC1(CO)CCc2ccccc21. The molecule has 0 aromatic heterocycles. The van der Waals surface area contributed by atoms with E-state index < -0.39 is 5.54 Å². The lowest BCUT2D eigenvalue weighted by molar-refractivity contribution is 0.164. The Morgan fingerprint density at radius 3 is 2.68 bits per heavy atom. The van der Waals surface area contributed by atoms with Crippen molar-refractivity contribution in [1.82, 2.24) is 5.32 Å². The van der Waals surface area contributed by atoms with E-state index in [0.717, 1.165) is 23.2 Å². The topological polar surface area (TPSA) is 61.4 Å². The van der Waals surface area contributed by atoms with Crippen LogP contribution >= 0.6 is 0 Å². The fourth-order valence-electron chi connectivity index (χ4n) is 3.11. The van der Waals surface area contributed by atoms with Crippen LogP contribution in [0.3, 0.4) is 0 Å². The van der Waals surface area contributed by atoms with Gasteiger partial charge in [-0.25, -0.2) is 4.79 Å². The number of hydrogen-bond donors (Lipinski definition) is 3. The van der Waals surface area contributed by atoms with Crippen molar-refractivity contribution < 1.29 is 9.90 Å². The summed E-state index contributed by atoms with van der Waals surface area (Å²) < 4.78 is 0. The summed E-state index contributed by atoms with van der Waals surface area (Å²) in [6.45, 7) is 1.84. The first kappa shape index (κ1) is 14.6. The summed E-state index contributed by atoms with van der Waals surface area (Å²) in [4.78, 5) is 12.4. The van der Waals surface area contributed by atoms with Crippen molar-refractivity contribution in [2.75, 3.05) is 11.9 Å². The number of para-hydroxylation sites is 1. The smallest absolute Gasteiger partial charge is 0.320 e. The second-order valence-electron chi connectivity index (χ2n) is 5.79. The molecule has 0 aliphatic heterocycles. The highest BCUT2D eigenvalue weighted by molar-refractivity contribution is 5.90. The lowest BCUT2D eigenvalue weighted by atomic mass is 9.93. The molecule has 2 amide bonds. The van der Waals surface area contributed by atoms with Crippen molar-refractivity contribution >= 4 is 11.7 Å². The maximum atomic E-state index is 12.4. The highest BCUT2D eigenvalue weighted by Crippen LogP contribution is 2.36. The molecule has 0 saturated carbocycles. The maximum absolute atomic E-state index is 12.4. The molecule has 0 bridgehead atoms. The fraction of sp³-hybridized carbons (Fsp3) is 0.278. The van der Waals surface area contributed by atoms with Crippen molar-refractivity contribution in [2.24, 2.45) is 0 Å². The number of hydrogen-bond acceptors (Lipinski definition) is 2. The van der Waals surface area contributed by atoms with Crippen molar-refractivity contribution in [1.29, 1.82) is 0 Å². The first-order valence-corrected chi connectivity index (χ1v) is 7.49. The molecule has 2 aromatic rings. The molecule has 0 radical (unpaired) electrons. The Bertz CT molecular complexity index is 699. The van der Waals surface area contributed by atoms with E-state index in [4.69, 9.17) is 0 Å². The number of carbonyl (C=O) groups is 1. The third-order valence-corrected chi connectivity index (χ3v) is 4.37. The van der Waals surface area contributed by atoms with E-state index in [2.05, 4.69) is 10.6 Å². The molecule has 1 unspecified atom stereocenters. The maximum Gasteiger partial charge on any atom is 0.320 e. The van der Waals surface area contributed by atoms with Crippen LogP contribution in [0.2, 0.25) is 0 Å². The van der Waals surface area contributed by atoms with Crippen LogP contribution < -0.4 is 10.6 Å². The largest absolute Gasteiger partial charge is 0.394 e. The third kappa shape index (κ3) is 2.57. The Labute approximate surface area is 130 Å². The monoisotopic (exact) mass is 296 g/mol. The molecule has 4 heteroatoms. The van der Waals surface area contributed by atoms with Gasteiger partial charge in [-0.2, -0.15) is 0 Å². The average molecular weight is 296 g/mol. The number of aryl methyl sites for hydroxylation is 2. The molecule has 1 atom stereocenters. The van der Waals surface area contributed by atoms with E-state index in [9.17, 15) is 9.90 Å². The van der Waals surface area contributed by atoms with Crippen LogP contribution in [0.25, 0.3) is 0 Å². The standard InChI is InChI=1S/C18H20N2O2/c1-13-6-2-5-9-16(13)19-17(22)20-18(12-21)11-10-14-7-3-4-8-15(14)18/h2-9,21H,10-12H2,1H3,(H2,19,20,22). The van der Waals surface area contributed by atoms with Crippen LogP contribution in [0.4, 0.5) is 10.5 Å². The van der Waals surface area contributed by atoms with Gasteiger partial charge < -0.3 is 15.7 Å². The molecule has 0 saturated heterocycles. The van der Waals surface area contributed by atoms with Crippen LogP contribution in [0.1, 0.15) is 23.1 Å². The summed E-state index contributed by atoms with van der Waals surface area (Å²) in [5.41, 5.74) is 3.29. The Kier molecular flexibility index (Phi) is 3.86. The molecular weight excluding hydrogens is 276 g/mol. The lowest BCUT2D eigenvalue weighted by Gasteiger charge is -2.29. The molecule has 114 valence electrons. The normalized spacial score (nSPS) is 19.5. The summed E-state index contributed by atoms with van der Waals surface area (Å²) >= 11 is 0. The van der Waals surface area contributed by atoms with E-state index in [1.54, 1.807) is 0 Å². The molecule has 1 aliphatic carbocycles. The minimum atomic E-state index is -0.691. The summed E-state index contributed by atoms with van der Waals surface area (Å²) in [7, 11) is 0. The van der Waals surface area contributed by atoms with Gasteiger partial charge in [0, 0.05) is 5.69 Å². The second kappa shape index (κ2) is 5.81. The van der Waals surface area contributed by atoms with E-state index in [1.165, 1.54) is 5.56 Å². The van der Waals surface area contributed by atoms with Gasteiger partial charge in [0.1, 0.15) is 0 Å². The zero-order valence-corrected chi connectivity index (χ0v) is 12.6. The average Bonchev–Trinajstić information content (AvgIpc) is 2.89. The number of carbonyl (C=O) groups excluding carboxylic acids is 1. The second-order valence-corrected chi connectivity index (χ2v) is 5.79. The number of urea groups is 1. The number of aliphatic hydroxyl groups excluding tert-OH is 1. The van der Waals surface area contributed by atoms with Crippen LogP contribution in [0.5, 0.6) is 0 Å². The zero-order chi connectivity index (χ0) is 15.6. The van der Waals surface area contributed by atoms with Gasteiger partial charge in [0.25, 0.3) is 0 Å². The zero-order valence-electron chi connectivity index (χ0n) is 12.6. The number of amides is 2. The number of aliphatic hydroxyl groups is 1. The highest BCUT2D eigenvalue weighted by atomic mass is 16.3. The molecule has 0 spiro atoms. The predicted molar refractivity (Wildman–Crippen MR) is 86.9 cm³/mol. The van der Waals surface area contributed by atoms with Crippen molar-refractivity contribution in [2.45, 2.75) is 25.3 Å². The minimum absolute atomic E-state index is 0.106. The van der Waals surface area contributed by atoms with Crippen molar-refractivity contribution in [3.05, 3.63) is 65.2 Å². The van der Waals surface area contributed by atoms with Gasteiger partial charge in [-0.05, 0) is 42.5 Å². The van der Waals surface area contributed by atoms with Gasteiger partial charge in [0.15, 0.2) is 0 Å². The first-order chi connectivity index (χ1) is 10.6. The van der Waals surface area contributed by atoms with Crippen LogP contribution in [-0.2, 0) is 12.0 Å². The van der Waals surface area contributed by atoms with Crippen molar-refractivity contribution in [3.63, 3.8) is 0 Å². The quantitative estimate of drug-likeness (QED) is 0.815. The first-order valence-electron chi connectivity index (χ1n) is 7.49. The fourth-order valence-corrected chi connectivity index (χ4v) is 3.11. The molecular formula is C18H20N2O2. The molecule has 3 rings (SSSR count). The van der Waals surface area contributed by atoms with Gasteiger partial charge in [-0.3, -0.25) is 0 Å². The number of benzene rings is 2. The summed E-state index contributed by atoms with van der Waals surface area (Å²) in [6, 6.07) is 15.3. The van der Waals surface area contributed by atoms with Gasteiger partial charge in [-0.15, -0.1) is 0 Å². The summed E-state index contributed by atoms with van der Waals surface area (Å²) in [5.74, 6) is 0. The molecule has 22 heavy (non-hydrogen) atoms. The summed E-state index contributed by atoms with van der Waals surface area (Å²) in [6.07, 6.45) is 1.57. The number of anilines is 1. The minimum Gasteiger partial charge on any atom is -0.394 e. The van der Waals surface area contributed by atoms with Crippen LogP contribution in [-0.4, -0.2) is 17.7 Å². The number of fused-ring (bicyclic) bond motifs is 1. The van der Waals surface area contributed by atoms with Gasteiger partial charge >= 0.3 is 6.03 Å². The predicted octanol–water partition coefficient (Wildman–Crippen LogP) is 2.95. The highest BCUT2D eigenvalue weighted by Gasteiger charge is 2.39. The molecule has 0 heterocycles. The van der Waals surface area contributed by atoms with E-state index >= 15 is 0 Å². The molecule has 3 N–H and O–H groups in total. The van der Waals surface area contributed by atoms with E-state index in [0.29, 0.717) is 6.42 Å². The molecule has 4 nitrogen and oxygen atoms in total. The third-order valence-electron chi connectivity index (χ3n) is 4.37. The molecule has 1 aliphatic rings. The van der Waals surface area contributed by atoms with Gasteiger partial charge in [-0.1, -0.05) is 42.5 Å². The summed E-state index contributed by atoms with van der Waals surface area (Å²) in [5, 5.41) is 15.7. The number of nitrogens with one attached hydrogen (secondary N) is 2. The van der Waals surface area contributed by atoms with E-state index in [-0.39, 0.29) is 12.6 Å². The number of rotatable bonds is 3. The van der Waals surface area contributed by atoms with Crippen LogP contribution in [0.15, 0.2) is 48.5 Å². The molecule has 0 fully saturated rings. The Morgan fingerprint density at radius 1 is 1.18 bits per heavy atom. The van der Waals surface area contributed by atoms with Crippen molar-refractivity contribution in [3.8, 4) is 0 Å². The lowest BCUT2D eigenvalue weighted by Crippen LogP contribution is -2.48. The van der Waals surface area contributed by atoms with Gasteiger partial charge in [0.2, 0.25) is 0 Å². The molecule has 2 aromatic carbocycles. The Morgan fingerprint density at radius 2 is 1.91 bits per heavy atom. The Balaban J connectivity index is 1.80. The van der Waals surface area contributed by atoms with E-state index in [1.807, 2.05) is 55.5 Å². The van der Waals surface area contributed by atoms with Crippen LogP contribution in [0, 0.1) is 6.92 Å². The Hall–Kier alpha value is -2.33.